The smallest absolute Gasteiger partial charge is 0.407 e. The van der Waals surface area contributed by atoms with Crippen LogP contribution in [0.15, 0.2) is 42.7 Å². The highest BCUT2D eigenvalue weighted by Gasteiger charge is 2.04. The summed E-state index contributed by atoms with van der Waals surface area (Å²) >= 11 is 0. The Morgan fingerprint density at radius 2 is 2.10 bits per heavy atom. The molecule has 1 aromatic heterocycles. The van der Waals surface area contributed by atoms with Crippen molar-refractivity contribution in [1.29, 1.82) is 0 Å². The van der Waals surface area contributed by atoms with Crippen LogP contribution < -0.4 is 5.32 Å². The summed E-state index contributed by atoms with van der Waals surface area (Å²) in [5.41, 5.74) is 1.73. The largest absolute Gasteiger partial charge is 0.445 e. The molecule has 5 nitrogen and oxygen atoms in total. The number of carbonyl (C=O) groups excluding carboxylic acids is 1. The summed E-state index contributed by atoms with van der Waals surface area (Å²) in [7, 11) is 0. The molecule has 0 fully saturated rings. The lowest BCUT2D eigenvalue weighted by Crippen LogP contribution is -2.23. The fraction of sp³-hybridized carbons (Fsp3) is 0.286. The molecule has 1 N–H and O–H groups in total. The molecule has 1 heterocycles. The van der Waals surface area contributed by atoms with Crippen LogP contribution in [0.25, 0.3) is 0 Å². The number of hydrogen-bond acceptors (Lipinski definition) is 3. The molecule has 0 aliphatic rings. The van der Waals surface area contributed by atoms with Crippen LogP contribution in [0.3, 0.4) is 0 Å². The van der Waals surface area contributed by atoms with E-state index < -0.39 is 12.8 Å². The molecule has 0 unspecified atom stereocenters. The van der Waals surface area contributed by atoms with Crippen molar-refractivity contribution in [2.75, 3.05) is 6.67 Å². The zero-order valence-electron chi connectivity index (χ0n) is 11.0. The highest BCUT2D eigenvalue weighted by Crippen LogP contribution is 2.01. The van der Waals surface area contributed by atoms with Gasteiger partial charge >= 0.3 is 6.09 Å². The molecule has 0 radical (unpaired) electrons. The summed E-state index contributed by atoms with van der Waals surface area (Å²) in [4.78, 5) is 11.5. The molecule has 20 heavy (non-hydrogen) atoms. The summed E-state index contributed by atoms with van der Waals surface area (Å²) < 4.78 is 18.7. The Balaban J connectivity index is 1.71. The van der Waals surface area contributed by atoms with E-state index in [0.717, 1.165) is 11.1 Å². The molecule has 0 saturated carbocycles. The van der Waals surface area contributed by atoms with Gasteiger partial charge in [0.2, 0.25) is 0 Å². The van der Waals surface area contributed by atoms with E-state index in [-0.39, 0.29) is 13.2 Å². The van der Waals surface area contributed by atoms with Crippen molar-refractivity contribution in [3.05, 3.63) is 53.9 Å². The summed E-state index contributed by atoms with van der Waals surface area (Å²) in [6.07, 6.45) is 2.79. The molecule has 1 aromatic carbocycles. The molecule has 0 spiro atoms. The lowest BCUT2D eigenvalue weighted by Gasteiger charge is -2.05. The van der Waals surface area contributed by atoms with Crippen LogP contribution in [0, 0.1) is 0 Å². The first-order valence-corrected chi connectivity index (χ1v) is 6.30. The average molecular weight is 277 g/mol. The fourth-order valence-corrected chi connectivity index (χ4v) is 1.65. The fourth-order valence-electron chi connectivity index (χ4n) is 1.65. The maximum Gasteiger partial charge on any atom is 0.407 e. The Morgan fingerprint density at radius 3 is 2.85 bits per heavy atom. The van der Waals surface area contributed by atoms with Gasteiger partial charge in [0, 0.05) is 18.3 Å². The van der Waals surface area contributed by atoms with Crippen molar-refractivity contribution in [3.63, 3.8) is 0 Å². The number of rotatable bonds is 6. The lowest BCUT2D eigenvalue weighted by molar-refractivity contribution is 0.139. The van der Waals surface area contributed by atoms with Crippen LogP contribution in [0.1, 0.15) is 11.1 Å². The number of nitrogens with zero attached hydrogens (tertiary/aromatic N) is 2. The first kappa shape index (κ1) is 14.0. The molecule has 0 aliphatic carbocycles. The third kappa shape index (κ3) is 4.38. The van der Waals surface area contributed by atoms with Gasteiger partial charge in [-0.25, -0.2) is 9.18 Å². The number of hydrogen-bond donors (Lipinski definition) is 1. The van der Waals surface area contributed by atoms with E-state index in [1.54, 1.807) is 12.4 Å². The Kier molecular flexibility index (Phi) is 5.11. The van der Waals surface area contributed by atoms with Crippen molar-refractivity contribution in [2.45, 2.75) is 19.7 Å². The quantitative estimate of drug-likeness (QED) is 0.881. The number of halogens is 1. The molecular weight excluding hydrogens is 261 g/mol. The number of alkyl halides is 1. The van der Waals surface area contributed by atoms with Gasteiger partial charge in [0.05, 0.1) is 12.7 Å². The number of alkyl carbamates (subject to hydrolysis) is 1. The monoisotopic (exact) mass is 277 g/mol. The Bertz CT molecular complexity index is 542. The normalized spacial score (nSPS) is 10.2. The van der Waals surface area contributed by atoms with Crippen LogP contribution in [0.5, 0.6) is 0 Å². The topological polar surface area (TPSA) is 56.2 Å². The maximum atomic E-state index is 12.1. The molecule has 6 heteroatoms. The highest BCUT2D eigenvalue weighted by molar-refractivity contribution is 5.67. The van der Waals surface area contributed by atoms with Crippen LogP contribution in [0.2, 0.25) is 0 Å². The van der Waals surface area contributed by atoms with E-state index in [0.29, 0.717) is 6.54 Å². The van der Waals surface area contributed by atoms with Crippen LogP contribution >= 0.6 is 0 Å². The molecule has 0 bridgehead atoms. The van der Waals surface area contributed by atoms with Gasteiger partial charge in [-0.3, -0.25) is 4.68 Å². The first-order chi connectivity index (χ1) is 9.78. The molecular formula is C14H16FN3O2. The average Bonchev–Trinajstić information content (AvgIpc) is 2.92. The van der Waals surface area contributed by atoms with Crippen molar-refractivity contribution >= 4 is 6.09 Å². The molecule has 2 rings (SSSR count). The minimum absolute atomic E-state index is 0.221. The molecule has 0 saturated heterocycles. The Hall–Kier alpha value is -2.37. The standard InChI is InChI=1S/C14H16FN3O2/c15-6-7-18-10-13(9-17-18)8-16-14(19)20-11-12-4-2-1-3-5-12/h1-5,9-10H,6-8,11H2,(H,16,19). The van der Waals surface area contributed by atoms with Crippen LogP contribution in [-0.4, -0.2) is 22.5 Å². The lowest BCUT2D eigenvalue weighted by atomic mass is 10.2. The van der Waals surface area contributed by atoms with E-state index in [1.807, 2.05) is 30.3 Å². The van der Waals surface area contributed by atoms with E-state index in [4.69, 9.17) is 4.74 Å². The molecule has 0 atom stereocenters. The van der Waals surface area contributed by atoms with Gasteiger partial charge in [0.15, 0.2) is 0 Å². The Labute approximate surface area is 116 Å². The number of aryl methyl sites for hydroxylation is 1. The zero-order valence-corrected chi connectivity index (χ0v) is 11.0. The van der Waals surface area contributed by atoms with Gasteiger partial charge in [-0.2, -0.15) is 5.10 Å². The van der Waals surface area contributed by atoms with Gasteiger partial charge in [-0.1, -0.05) is 30.3 Å². The van der Waals surface area contributed by atoms with Gasteiger partial charge < -0.3 is 10.1 Å². The van der Waals surface area contributed by atoms with E-state index in [2.05, 4.69) is 10.4 Å². The summed E-state index contributed by atoms with van der Waals surface area (Å²) in [5, 5.41) is 6.58. The Morgan fingerprint density at radius 1 is 1.30 bits per heavy atom. The first-order valence-electron chi connectivity index (χ1n) is 6.30. The van der Waals surface area contributed by atoms with Crippen molar-refractivity contribution in [3.8, 4) is 0 Å². The van der Waals surface area contributed by atoms with E-state index >= 15 is 0 Å². The van der Waals surface area contributed by atoms with Crippen LogP contribution in [-0.2, 0) is 24.4 Å². The second-order valence-corrected chi connectivity index (χ2v) is 4.22. The number of ether oxygens (including phenoxy) is 1. The number of aromatic nitrogens is 2. The third-order valence-electron chi connectivity index (χ3n) is 2.65. The van der Waals surface area contributed by atoms with Gasteiger partial charge in [0.1, 0.15) is 13.3 Å². The summed E-state index contributed by atoms with van der Waals surface area (Å²) in [5.74, 6) is 0. The van der Waals surface area contributed by atoms with Crippen LogP contribution in [0.4, 0.5) is 9.18 Å². The minimum atomic E-state index is -0.493. The number of nitrogens with one attached hydrogen (secondary N) is 1. The van der Waals surface area contributed by atoms with Crippen molar-refractivity contribution in [1.82, 2.24) is 15.1 Å². The molecule has 0 aliphatic heterocycles. The molecule has 2 aromatic rings. The second kappa shape index (κ2) is 7.28. The second-order valence-electron chi connectivity index (χ2n) is 4.22. The van der Waals surface area contributed by atoms with Crippen molar-refractivity contribution < 1.29 is 13.9 Å². The molecule has 1 amide bonds. The van der Waals surface area contributed by atoms with Gasteiger partial charge in [-0.05, 0) is 5.56 Å². The SMILES string of the molecule is O=C(NCc1cnn(CCF)c1)OCc1ccccc1. The highest BCUT2D eigenvalue weighted by atomic mass is 19.1. The zero-order chi connectivity index (χ0) is 14.2. The maximum absolute atomic E-state index is 12.1. The van der Waals surface area contributed by atoms with Gasteiger partial charge in [0.25, 0.3) is 0 Å². The van der Waals surface area contributed by atoms with Crippen molar-refractivity contribution in [2.24, 2.45) is 0 Å². The van der Waals surface area contributed by atoms with Gasteiger partial charge in [-0.15, -0.1) is 0 Å². The number of carbonyl (C=O) groups is 1. The van der Waals surface area contributed by atoms with E-state index in [9.17, 15) is 9.18 Å². The molecule has 106 valence electrons. The van der Waals surface area contributed by atoms with E-state index in [1.165, 1.54) is 4.68 Å². The summed E-state index contributed by atoms with van der Waals surface area (Å²) in [6, 6.07) is 9.44. The number of amides is 1. The predicted molar refractivity (Wildman–Crippen MR) is 71.7 cm³/mol. The number of benzene rings is 1. The third-order valence-corrected chi connectivity index (χ3v) is 2.65. The predicted octanol–water partition coefficient (Wildman–Crippen LogP) is 2.28. The summed E-state index contributed by atoms with van der Waals surface area (Å²) in [6.45, 7) is 0.291. The minimum Gasteiger partial charge on any atom is -0.445 e.